The summed E-state index contributed by atoms with van der Waals surface area (Å²) in [6.45, 7) is 6.14. The van der Waals surface area contributed by atoms with E-state index in [9.17, 15) is 9.59 Å². The molecule has 1 aromatic heterocycles. The maximum absolute atomic E-state index is 13.1. The van der Waals surface area contributed by atoms with Gasteiger partial charge in [0.05, 0.1) is 23.3 Å². The summed E-state index contributed by atoms with van der Waals surface area (Å²) in [4.78, 5) is 32.3. The van der Waals surface area contributed by atoms with Gasteiger partial charge in [-0.25, -0.2) is 4.98 Å². The molecule has 6 nitrogen and oxygen atoms in total. The van der Waals surface area contributed by atoms with Crippen molar-refractivity contribution in [2.45, 2.75) is 32.9 Å². The van der Waals surface area contributed by atoms with Crippen LogP contribution in [0.5, 0.6) is 0 Å². The second-order valence-corrected chi connectivity index (χ2v) is 7.55. The smallest absolute Gasteiger partial charge is 0.261 e. The van der Waals surface area contributed by atoms with Crippen molar-refractivity contribution in [1.29, 1.82) is 0 Å². The van der Waals surface area contributed by atoms with Gasteiger partial charge in [-0.2, -0.15) is 0 Å². The monoisotopic (exact) mass is 390 g/mol. The zero-order valence-electron chi connectivity index (χ0n) is 16.9. The van der Waals surface area contributed by atoms with Crippen molar-refractivity contribution in [3.8, 4) is 0 Å². The maximum Gasteiger partial charge on any atom is 0.261 e. The van der Waals surface area contributed by atoms with Crippen LogP contribution in [-0.2, 0) is 17.8 Å². The van der Waals surface area contributed by atoms with Crippen molar-refractivity contribution >= 4 is 16.8 Å². The van der Waals surface area contributed by atoms with E-state index in [4.69, 9.17) is 0 Å². The molecule has 6 heteroatoms. The molecule has 1 aliphatic rings. The molecular formula is C23H26N4O2. The average molecular weight is 390 g/mol. The normalized spacial score (nSPS) is 16.9. The van der Waals surface area contributed by atoms with Gasteiger partial charge in [-0.15, -0.1) is 0 Å². The maximum atomic E-state index is 13.1. The van der Waals surface area contributed by atoms with E-state index in [1.807, 2.05) is 24.0 Å². The number of hydrogen-bond acceptors (Lipinski definition) is 4. The molecule has 0 saturated carbocycles. The van der Waals surface area contributed by atoms with Gasteiger partial charge < -0.3 is 10.2 Å². The van der Waals surface area contributed by atoms with Crippen LogP contribution in [0.3, 0.4) is 0 Å². The lowest BCUT2D eigenvalue weighted by Crippen LogP contribution is -2.50. The molecule has 2 heterocycles. The minimum atomic E-state index is -0.175. The van der Waals surface area contributed by atoms with E-state index in [1.54, 1.807) is 6.07 Å². The molecule has 1 unspecified atom stereocenters. The third-order valence-electron chi connectivity index (χ3n) is 5.70. The standard InChI is InChI=1S/C23H26N4O2/c1-3-17-7-9-18(10-8-17)20-13-24-11-12-27(20)21(28)14-26-15-25-22-16(2)5-4-6-19(22)23(26)29/h4-10,15,20,24H,3,11-14H2,1-2H3. The van der Waals surface area contributed by atoms with E-state index in [0.29, 0.717) is 24.0 Å². The largest absolute Gasteiger partial charge is 0.332 e. The molecule has 1 N–H and O–H groups in total. The fourth-order valence-electron chi connectivity index (χ4n) is 3.96. The summed E-state index contributed by atoms with van der Waals surface area (Å²) >= 11 is 0. The first-order chi connectivity index (χ1) is 14.1. The second kappa shape index (κ2) is 8.17. The molecule has 2 aromatic carbocycles. The van der Waals surface area contributed by atoms with E-state index < -0.39 is 0 Å². The number of rotatable bonds is 4. The zero-order chi connectivity index (χ0) is 20.4. The van der Waals surface area contributed by atoms with Crippen molar-refractivity contribution in [3.05, 3.63) is 75.8 Å². The lowest BCUT2D eigenvalue weighted by Gasteiger charge is -2.36. The molecule has 1 atom stereocenters. The Balaban J connectivity index is 1.60. The van der Waals surface area contributed by atoms with E-state index >= 15 is 0 Å². The van der Waals surface area contributed by atoms with Crippen molar-refractivity contribution in [3.63, 3.8) is 0 Å². The quantitative estimate of drug-likeness (QED) is 0.743. The number of hydrogen-bond donors (Lipinski definition) is 1. The van der Waals surface area contributed by atoms with Crippen molar-refractivity contribution < 1.29 is 4.79 Å². The Kier molecular flexibility index (Phi) is 5.45. The summed E-state index contributed by atoms with van der Waals surface area (Å²) in [5, 5.41) is 3.93. The van der Waals surface area contributed by atoms with Gasteiger partial charge in [0, 0.05) is 19.6 Å². The molecule has 0 radical (unpaired) electrons. The van der Waals surface area contributed by atoms with E-state index in [-0.39, 0.29) is 24.1 Å². The summed E-state index contributed by atoms with van der Waals surface area (Å²) < 4.78 is 1.42. The van der Waals surface area contributed by atoms with Crippen LogP contribution in [0, 0.1) is 6.92 Å². The average Bonchev–Trinajstić information content (AvgIpc) is 2.76. The highest BCUT2D eigenvalue weighted by atomic mass is 16.2. The number of para-hydroxylation sites is 1. The molecule has 1 amide bonds. The number of aryl methyl sites for hydroxylation is 2. The summed E-state index contributed by atoms with van der Waals surface area (Å²) in [6.07, 6.45) is 2.48. The Morgan fingerprint density at radius 2 is 2.00 bits per heavy atom. The Hall–Kier alpha value is -2.99. The number of piperazine rings is 1. The number of fused-ring (bicyclic) bond motifs is 1. The minimum absolute atomic E-state index is 0.000735. The van der Waals surface area contributed by atoms with Gasteiger partial charge in [0.1, 0.15) is 6.54 Å². The third kappa shape index (κ3) is 3.80. The summed E-state index contributed by atoms with van der Waals surface area (Å²) in [5.41, 5.74) is 3.86. The van der Waals surface area contributed by atoms with Crippen LogP contribution in [-0.4, -0.2) is 40.0 Å². The van der Waals surface area contributed by atoms with Crippen molar-refractivity contribution in [1.82, 2.24) is 19.8 Å². The summed E-state index contributed by atoms with van der Waals surface area (Å²) in [6, 6.07) is 13.9. The number of nitrogens with one attached hydrogen (secondary N) is 1. The minimum Gasteiger partial charge on any atom is -0.332 e. The first-order valence-corrected chi connectivity index (χ1v) is 10.1. The highest BCUT2D eigenvalue weighted by Crippen LogP contribution is 2.23. The van der Waals surface area contributed by atoms with Crippen LogP contribution >= 0.6 is 0 Å². The predicted octanol–water partition coefficient (Wildman–Crippen LogP) is 2.44. The molecule has 0 bridgehead atoms. The van der Waals surface area contributed by atoms with Crippen LogP contribution in [0.25, 0.3) is 10.9 Å². The molecule has 1 saturated heterocycles. The zero-order valence-corrected chi connectivity index (χ0v) is 16.9. The molecule has 3 aromatic rings. The lowest BCUT2D eigenvalue weighted by molar-refractivity contribution is -0.135. The topological polar surface area (TPSA) is 67.2 Å². The molecule has 1 fully saturated rings. The van der Waals surface area contributed by atoms with Gasteiger partial charge in [-0.1, -0.05) is 43.3 Å². The van der Waals surface area contributed by atoms with Crippen molar-refractivity contribution in [2.24, 2.45) is 0 Å². The third-order valence-corrected chi connectivity index (χ3v) is 5.70. The Morgan fingerprint density at radius 1 is 1.21 bits per heavy atom. The summed E-state index contributed by atoms with van der Waals surface area (Å²) in [7, 11) is 0. The van der Waals surface area contributed by atoms with Gasteiger partial charge in [0.25, 0.3) is 5.56 Å². The first kappa shape index (κ1) is 19.3. The highest BCUT2D eigenvalue weighted by molar-refractivity contribution is 5.81. The number of nitrogens with zero attached hydrogens (tertiary/aromatic N) is 3. The SMILES string of the molecule is CCc1ccc(C2CNCCN2C(=O)Cn2cnc3c(C)cccc3c2=O)cc1. The van der Waals surface area contributed by atoms with Gasteiger partial charge in [-0.05, 0) is 36.1 Å². The Morgan fingerprint density at radius 3 is 2.76 bits per heavy atom. The number of carbonyl (C=O) groups is 1. The second-order valence-electron chi connectivity index (χ2n) is 7.55. The molecule has 4 rings (SSSR count). The van der Waals surface area contributed by atoms with Crippen LogP contribution in [0.4, 0.5) is 0 Å². The van der Waals surface area contributed by atoms with Crippen LogP contribution in [0.2, 0.25) is 0 Å². The fraction of sp³-hybridized carbons (Fsp3) is 0.348. The lowest BCUT2D eigenvalue weighted by atomic mass is 10.0. The molecule has 0 spiro atoms. The van der Waals surface area contributed by atoms with Crippen LogP contribution in [0.1, 0.15) is 29.7 Å². The number of aromatic nitrogens is 2. The molecular weight excluding hydrogens is 364 g/mol. The van der Waals surface area contributed by atoms with Gasteiger partial charge >= 0.3 is 0 Å². The van der Waals surface area contributed by atoms with Gasteiger partial charge in [-0.3, -0.25) is 14.2 Å². The fourth-order valence-corrected chi connectivity index (χ4v) is 3.96. The molecule has 150 valence electrons. The van der Waals surface area contributed by atoms with Crippen LogP contribution in [0.15, 0.2) is 53.6 Å². The number of carbonyl (C=O) groups excluding carboxylic acids is 1. The van der Waals surface area contributed by atoms with Crippen LogP contribution < -0.4 is 10.9 Å². The van der Waals surface area contributed by atoms with Gasteiger partial charge in [0.2, 0.25) is 5.91 Å². The van der Waals surface area contributed by atoms with E-state index in [0.717, 1.165) is 24.1 Å². The molecule has 0 aliphatic carbocycles. The number of benzene rings is 2. The Bertz CT molecular complexity index is 1090. The molecule has 1 aliphatic heterocycles. The van der Waals surface area contributed by atoms with E-state index in [1.165, 1.54) is 16.5 Å². The predicted molar refractivity (Wildman–Crippen MR) is 114 cm³/mol. The van der Waals surface area contributed by atoms with Crippen molar-refractivity contribution in [2.75, 3.05) is 19.6 Å². The first-order valence-electron chi connectivity index (χ1n) is 10.1. The molecule has 29 heavy (non-hydrogen) atoms. The summed E-state index contributed by atoms with van der Waals surface area (Å²) in [5.74, 6) is -0.0630. The highest BCUT2D eigenvalue weighted by Gasteiger charge is 2.28. The Labute approximate surface area is 170 Å². The number of amides is 1. The van der Waals surface area contributed by atoms with E-state index in [2.05, 4.69) is 41.5 Å². The van der Waals surface area contributed by atoms with Gasteiger partial charge in [0.15, 0.2) is 0 Å².